The van der Waals surface area contributed by atoms with Gasteiger partial charge in [-0.15, -0.1) is 0 Å². The van der Waals surface area contributed by atoms with Crippen molar-refractivity contribution in [1.82, 2.24) is 14.8 Å². The summed E-state index contributed by atoms with van der Waals surface area (Å²) >= 11 is 8.90. The Hall–Kier alpha value is -1.79. The van der Waals surface area contributed by atoms with E-state index in [1.54, 1.807) is 12.1 Å². The standard InChI is InChI=1S/C15H10BrClFN3O/c1-7-5-12-13(19-8(7)2)14(22)15(16)20-21(12)11-4-3-9(17)6-10(11)18/h3-6H,1-2H3. The molecule has 0 atom stereocenters. The zero-order valence-corrected chi connectivity index (χ0v) is 14.0. The van der Waals surface area contributed by atoms with Crippen LogP contribution >= 0.6 is 27.5 Å². The number of rotatable bonds is 1. The van der Waals surface area contributed by atoms with Crippen LogP contribution in [0.15, 0.2) is 33.7 Å². The van der Waals surface area contributed by atoms with Gasteiger partial charge in [0.2, 0.25) is 5.43 Å². The van der Waals surface area contributed by atoms with E-state index in [2.05, 4.69) is 26.0 Å². The number of halogens is 3. The van der Waals surface area contributed by atoms with Gasteiger partial charge < -0.3 is 0 Å². The largest absolute Gasteiger partial charge is 0.284 e. The van der Waals surface area contributed by atoms with Crippen molar-refractivity contribution in [1.29, 1.82) is 0 Å². The van der Waals surface area contributed by atoms with E-state index in [1.807, 2.05) is 13.8 Å². The van der Waals surface area contributed by atoms with E-state index in [9.17, 15) is 9.18 Å². The van der Waals surface area contributed by atoms with Crippen LogP contribution in [0.25, 0.3) is 16.7 Å². The normalized spacial score (nSPS) is 11.1. The maximum absolute atomic E-state index is 14.2. The lowest BCUT2D eigenvalue weighted by atomic mass is 10.2. The highest BCUT2D eigenvalue weighted by Crippen LogP contribution is 2.22. The SMILES string of the molecule is Cc1cc2c(nc1C)c(=O)c(Br)nn2-c1ccc(Cl)cc1F. The van der Waals surface area contributed by atoms with Crippen LogP contribution in [0.5, 0.6) is 0 Å². The number of pyridine rings is 1. The molecule has 0 unspecified atom stereocenters. The topological polar surface area (TPSA) is 47.8 Å². The Bertz CT molecular complexity index is 971. The molecule has 1 aromatic carbocycles. The highest BCUT2D eigenvalue weighted by Gasteiger charge is 2.15. The smallest absolute Gasteiger partial charge is 0.240 e. The summed E-state index contributed by atoms with van der Waals surface area (Å²) in [4.78, 5) is 16.5. The average Bonchev–Trinajstić information content (AvgIpc) is 2.46. The minimum atomic E-state index is -0.532. The predicted molar refractivity (Wildman–Crippen MR) is 87.3 cm³/mol. The van der Waals surface area contributed by atoms with E-state index in [1.165, 1.54) is 16.8 Å². The fourth-order valence-electron chi connectivity index (χ4n) is 2.14. The summed E-state index contributed by atoms with van der Waals surface area (Å²) in [5, 5.41) is 4.42. The van der Waals surface area contributed by atoms with Crippen molar-refractivity contribution in [3.8, 4) is 5.69 Å². The van der Waals surface area contributed by atoms with E-state index in [0.29, 0.717) is 5.52 Å². The molecule has 2 aromatic heterocycles. The molecule has 22 heavy (non-hydrogen) atoms. The molecule has 0 N–H and O–H groups in total. The Labute approximate surface area is 138 Å². The van der Waals surface area contributed by atoms with E-state index >= 15 is 0 Å². The molecule has 0 saturated heterocycles. The molecule has 0 radical (unpaired) electrons. The first-order valence-electron chi connectivity index (χ1n) is 6.40. The minimum absolute atomic E-state index is 0.0742. The molecule has 7 heteroatoms. The first kappa shape index (κ1) is 15.1. The van der Waals surface area contributed by atoms with E-state index < -0.39 is 5.82 Å². The summed E-state index contributed by atoms with van der Waals surface area (Å²) in [6.45, 7) is 3.69. The minimum Gasteiger partial charge on any atom is -0.284 e. The summed E-state index contributed by atoms with van der Waals surface area (Å²) < 4.78 is 15.6. The van der Waals surface area contributed by atoms with Crippen molar-refractivity contribution >= 4 is 38.6 Å². The molecule has 4 nitrogen and oxygen atoms in total. The van der Waals surface area contributed by atoms with Gasteiger partial charge in [-0.25, -0.2) is 14.1 Å². The molecule has 0 spiro atoms. The molecule has 3 aromatic rings. The molecule has 112 valence electrons. The van der Waals surface area contributed by atoms with Gasteiger partial charge in [0, 0.05) is 10.7 Å². The number of fused-ring (bicyclic) bond motifs is 1. The van der Waals surface area contributed by atoms with Crippen LogP contribution in [0.1, 0.15) is 11.3 Å². The second-order valence-electron chi connectivity index (χ2n) is 4.89. The number of aromatic nitrogens is 3. The molecule has 0 aliphatic rings. The van der Waals surface area contributed by atoms with Crippen molar-refractivity contribution in [3.63, 3.8) is 0 Å². The van der Waals surface area contributed by atoms with Gasteiger partial charge in [-0.2, -0.15) is 5.10 Å². The van der Waals surface area contributed by atoms with Gasteiger partial charge in [0.1, 0.15) is 17.0 Å². The Morgan fingerprint density at radius 3 is 2.68 bits per heavy atom. The van der Waals surface area contributed by atoms with Crippen LogP contribution in [0.2, 0.25) is 5.02 Å². The van der Waals surface area contributed by atoms with Crippen molar-refractivity contribution in [2.45, 2.75) is 13.8 Å². The molecule has 3 rings (SSSR count). The third-order valence-corrected chi connectivity index (χ3v) is 4.16. The monoisotopic (exact) mass is 381 g/mol. The van der Waals surface area contributed by atoms with Gasteiger partial charge in [-0.05, 0) is 59.6 Å². The third kappa shape index (κ3) is 2.42. The van der Waals surface area contributed by atoms with Gasteiger partial charge in [0.15, 0.2) is 4.60 Å². The van der Waals surface area contributed by atoms with Crippen LogP contribution in [-0.2, 0) is 0 Å². The molecule has 0 aliphatic heterocycles. The third-order valence-electron chi connectivity index (χ3n) is 3.40. The fraction of sp³-hybridized carbons (Fsp3) is 0.133. The molecular weight excluding hydrogens is 373 g/mol. The summed E-state index contributed by atoms with van der Waals surface area (Å²) in [6, 6.07) is 6.04. The maximum Gasteiger partial charge on any atom is 0.240 e. The molecule has 2 heterocycles. The van der Waals surface area contributed by atoms with Gasteiger partial charge in [-0.3, -0.25) is 4.79 Å². The first-order chi connectivity index (χ1) is 10.4. The Kier molecular flexibility index (Phi) is 3.74. The molecule has 0 saturated carbocycles. The molecular formula is C15H10BrClFN3O. The average molecular weight is 383 g/mol. The van der Waals surface area contributed by atoms with Crippen LogP contribution in [0.4, 0.5) is 4.39 Å². The van der Waals surface area contributed by atoms with E-state index in [4.69, 9.17) is 11.6 Å². The first-order valence-corrected chi connectivity index (χ1v) is 7.58. The number of benzene rings is 1. The Morgan fingerprint density at radius 2 is 2.00 bits per heavy atom. The lowest BCUT2D eigenvalue weighted by Crippen LogP contribution is -2.16. The second-order valence-corrected chi connectivity index (χ2v) is 6.07. The number of aryl methyl sites for hydroxylation is 2. The van der Waals surface area contributed by atoms with Crippen LogP contribution in [0, 0.1) is 19.7 Å². The van der Waals surface area contributed by atoms with Crippen LogP contribution < -0.4 is 5.43 Å². The van der Waals surface area contributed by atoms with Gasteiger partial charge in [0.05, 0.1) is 5.52 Å². The highest BCUT2D eigenvalue weighted by atomic mass is 79.9. The van der Waals surface area contributed by atoms with Crippen LogP contribution in [-0.4, -0.2) is 14.8 Å². The molecule has 0 amide bonds. The van der Waals surface area contributed by atoms with E-state index in [-0.39, 0.29) is 26.3 Å². The predicted octanol–water partition coefficient (Wildman–Crippen LogP) is 3.95. The lowest BCUT2D eigenvalue weighted by molar-refractivity contribution is 0.611. The Morgan fingerprint density at radius 1 is 1.27 bits per heavy atom. The summed E-state index contributed by atoms with van der Waals surface area (Å²) in [7, 11) is 0. The zero-order chi connectivity index (χ0) is 16.0. The fourth-order valence-corrected chi connectivity index (χ4v) is 2.65. The van der Waals surface area contributed by atoms with Gasteiger partial charge >= 0.3 is 0 Å². The van der Waals surface area contributed by atoms with Crippen molar-refractivity contribution in [2.24, 2.45) is 0 Å². The summed E-state index contributed by atoms with van der Waals surface area (Å²) in [6.07, 6.45) is 0. The summed E-state index contributed by atoms with van der Waals surface area (Å²) in [5.41, 5.74) is 2.17. The number of nitrogens with zero attached hydrogens (tertiary/aromatic N) is 3. The van der Waals surface area contributed by atoms with E-state index in [0.717, 1.165) is 11.3 Å². The van der Waals surface area contributed by atoms with Crippen molar-refractivity contribution in [2.75, 3.05) is 0 Å². The Balaban J connectivity index is 2.46. The molecule has 0 aliphatic carbocycles. The summed E-state index contributed by atoms with van der Waals surface area (Å²) in [5.74, 6) is -0.532. The molecule has 0 bridgehead atoms. The number of hydrogen-bond acceptors (Lipinski definition) is 3. The van der Waals surface area contributed by atoms with Crippen molar-refractivity contribution in [3.05, 3.63) is 61.2 Å². The number of hydrogen-bond donors (Lipinski definition) is 0. The van der Waals surface area contributed by atoms with Gasteiger partial charge in [-0.1, -0.05) is 11.6 Å². The second kappa shape index (κ2) is 5.44. The highest BCUT2D eigenvalue weighted by molar-refractivity contribution is 9.10. The quantitative estimate of drug-likeness (QED) is 0.640. The lowest BCUT2D eigenvalue weighted by Gasteiger charge is -2.12. The van der Waals surface area contributed by atoms with Gasteiger partial charge in [0.25, 0.3) is 0 Å². The maximum atomic E-state index is 14.2. The molecule has 0 fully saturated rings. The van der Waals surface area contributed by atoms with Crippen molar-refractivity contribution < 1.29 is 4.39 Å². The zero-order valence-electron chi connectivity index (χ0n) is 11.7. The van der Waals surface area contributed by atoms with Crippen LogP contribution in [0.3, 0.4) is 0 Å².